The number of para-hydroxylation sites is 1. The molecule has 1 fully saturated rings. The molecule has 2 aliphatic rings. The molecule has 94 valence electrons. The molecule has 18 heavy (non-hydrogen) atoms. The highest BCUT2D eigenvalue weighted by atomic mass is 16.3. The Morgan fingerprint density at radius 3 is 2.72 bits per heavy atom. The second-order valence-corrected chi connectivity index (χ2v) is 5.09. The molecule has 0 spiro atoms. The van der Waals surface area contributed by atoms with Gasteiger partial charge in [-0.15, -0.1) is 0 Å². The summed E-state index contributed by atoms with van der Waals surface area (Å²) in [5.41, 5.74) is 1.77. The van der Waals surface area contributed by atoms with Gasteiger partial charge in [-0.1, -0.05) is 18.2 Å². The first-order valence-electron chi connectivity index (χ1n) is 6.24. The molecule has 0 saturated heterocycles. The third kappa shape index (κ3) is 1.82. The van der Waals surface area contributed by atoms with Crippen LogP contribution in [0.15, 0.2) is 24.3 Å². The molecule has 1 aromatic rings. The molecule has 3 rings (SSSR count). The van der Waals surface area contributed by atoms with Gasteiger partial charge < -0.3 is 10.0 Å². The lowest BCUT2D eigenvalue weighted by molar-refractivity contribution is -0.130. The second-order valence-electron chi connectivity index (χ2n) is 5.09. The molecule has 1 amide bonds. The number of hydrogen-bond acceptors (Lipinski definition) is 3. The van der Waals surface area contributed by atoms with Gasteiger partial charge in [0.1, 0.15) is 0 Å². The average Bonchev–Trinajstić information content (AvgIpc) is 2.33. The minimum atomic E-state index is -0.352. The van der Waals surface area contributed by atoms with Crippen LogP contribution >= 0.6 is 0 Å². The van der Waals surface area contributed by atoms with E-state index >= 15 is 0 Å². The van der Waals surface area contributed by atoms with Gasteiger partial charge in [-0.05, 0) is 24.5 Å². The van der Waals surface area contributed by atoms with Crippen LogP contribution in [-0.2, 0) is 16.0 Å². The van der Waals surface area contributed by atoms with Crippen LogP contribution in [0.25, 0.3) is 0 Å². The third-order valence-electron chi connectivity index (χ3n) is 3.73. The largest absolute Gasteiger partial charge is 0.393 e. The van der Waals surface area contributed by atoms with Gasteiger partial charge in [0.05, 0.1) is 12.6 Å². The van der Waals surface area contributed by atoms with Crippen molar-refractivity contribution in [3.8, 4) is 0 Å². The number of carbonyl (C=O) groups is 2. The smallest absolute Gasteiger partial charge is 0.230 e. The van der Waals surface area contributed by atoms with Gasteiger partial charge in [0.15, 0.2) is 5.78 Å². The number of aliphatic hydroxyl groups excluding tert-OH is 1. The molecule has 1 heterocycles. The summed E-state index contributed by atoms with van der Waals surface area (Å²) in [4.78, 5) is 25.6. The van der Waals surface area contributed by atoms with Crippen molar-refractivity contribution in [1.82, 2.24) is 0 Å². The minimum absolute atomic E-state index is 0.0270. The monoisotopic (exact) mass is 245 g/mol. The number of aliphatic hydroxyl groups is 1. The zero-order valence-electron chi connectivity index (χ0n) is 10.0. The van der Waals surface area contributed by atoms with Gasteiger partial charge in [-0.2, -0.15) is 0 Å². The normalized spacial score (nSPS) is 26.5. The molecule has 1 aromatic carbocycles. The molecule has 1 saturated carbocycles. The first-order valence-corrected chi connectivity index (χ1v) is 6.24. The number of hydrogen-bond donors (Lipinski definition) is 1. The highest BCUT2D eigenvalue weighted by molar-refractivity contribution is 6.04. The van der Waals surface area contributed by atoms with E-state index < -0.39 is 0 Å². The van der Waals surface area contributed by atoms with E-state index in [2.05, 4.69) is 0 Å². The lowest BCUT2D eigenvalue weighted by atomic mass is 9.81. The van der Waals surface area contributed by atoms with Crippen molar-refractivity contribution in [3.63, 3.8) is 0 Å². The van der Waals surface area contributed by atoms with Crippen LogP contribution in [0.3, 0.4) is 0 Å². The number of rotatable bonds is 1. The van der Waals surface area contributed by atoms with Crippen LogP contribution in [0.4, 0.5) is 5.69 Å². The van der Waals surface area contributed by atoms with Crippen molar-refractivity contribution in [2.75, 3.05) is 11.4 Å². The van der Waals surface area contributed by atoms with Crippen LogP contribution in [0, 0.1) is 5.92 Å². The van der Waals surface area contributed by atoms with Crippen molar-refractivity contribution >= 4 is 17.4 Å². The summed E-state index contributed by atoms with van der Waals surface area (Å²) in [6, 6.07) is 7.54. The highest BCUT2D eigenvalue weighted by Crippen LogP contribution is 2.33. The summed E-state index contributed by atoms with van der Waals surface area (Å²) in [5.74, 6) is -0.0818. The Kier molecular flexibility index (Phi) is 2.67. The lowest BCUT2D eigenvalue weighted by Gasteiger charge is -2.36. The maximum atomic E-state index is 12.3. The predicted molar refractivity (Wildman–Crippen MR) is 66.2 cm³/mol. The Morgan fingerprint density at radius 2 is 2.00 bits per heavy atom. The molecule has 1 aliphatic carbocycles. The number of benzene rings is 1. The van der Waals surface area contributed by atoms with Crippen LogP contribution in [-0.4, -0.2) is 29.4 Å². The van der Waals surface area contributed by atoms with E-state index in [0.29, 0.717) is 19.3 Å². The Labute approximate surface area is 105 Å². The molecule has 0 unspecified atom stereocenters. The minimum Gasteiger partial charge on any atom is -0.393 e. The molecule has 0 bridgehead atoms. The van der Waals surface area contributed by atoms with E-state index in [1.807, 2.05) is 24.3 Å². The molecule has 4 heteroatoms. The van der Waals surface area contributed by atoms with E-state index in [4.69, 9.17) is 0 Å². The van der Waals surface area contributed by atoms with Crippen LogP contribution in [0.5, 0.6) is 0 Å². The van der Waals surface area contributed by atoms with Crippen molar-refractivity contribution in [3.05, 3.63) is 29.8 Å². The van der Waals surface area contributed by atoms with Gasteiger partial charge in [0.25, 0.3) is 0 Å². The molecular formula is C14H15NO3. The number of nitrogens with zero attached hydrogens (tertiary/aromatic N) is 1. The van der Waals surface area contributed by atoms with E-state index in [9.17, 15) is 14.7 Å². The fraction of sp³-hybridized carbons (Fsp3) is 0.429. The van der Waals surface area contributed by atoms with Crippen LogP contribution in [0.2, 0.25) is 0 Å². The Morgan fingerprint density at radius 1 is 1.28 bits per heavy atom. The molecule has 0 radical (unpaired) electrons. The van der Waals surface area contributed by atoms with E-state index in [1.165, 1.54) is 0 Å². The fourth-order valence-corrected chi connectivity index (χ4v) is 2.66. The van der Waals surface area contributed by atoms with Crippen molar-refractivity contribution < 1.29 is 14.7 Å². The summed E-state index contributed by atoms with van der Waals surface area (Å²) in [7, 11) is 0. The standard InChI is InChI=1S/C14H15NO3/c16-11-6-10(7-11)14(18)15-8-12(17)5-9-3-1-2-4-13(9)15/h1-4,10-11,16H,5-8H2. The maximum Gasteiger partial charge on any atom is 0.230 e. The molecule has 0 aromatic heterocycles. The summed E-state index contributed by atoms with van der Waals surface area (Å²) >= 11 is 0. The van der Waals surface area contributed by atoms with Crippen LogP contribution < -0.4 is 4.90 Å². The topological polar surface area (TPSA) is 57.6 Å². The molecule has 0 atom stereocenters. The quantitative estimate of drug-likeness (QED) is 0.800. The van der Waals surface area contributed by atoms with Gasteiger partial charge in [0, 0.05) is 18.0 Å². The molecular weight excluding hydrogens is 230 g/mol. The average molecular weight is 245 g/mol. The SMILES string of the molecule is O=C1Cc2ccccc2N(C(=O)C2CC(O)C2)C1. The zero-order valence-corrected chi connectivity index (χ0v) is 10.0. The molecule has 4 nitrogen and oxygen atoms in total. The summed E-state index contributed by atoms with van der Waals surface area (Å²) in [6.45, 7) is 0.169. The fourth-order valence-electron chi connectivity index (χ4n) is 2.66. The van der Waals surface area contributed by atoms with Gasteiger partial charge in [0.2, 0.25) is 5.91 Å². The number of fused-ring (bicyclic) bond motifs is 1. The van der Waals surface area contributed by atoms with Crippen LogP contribution in [0.1, 0.15) is 18.4 Å². The Bertz CT molecular complexity index is 506. The number of Topliss-reactive ketones (excluding diaryl/α,β-unsaturated/α-hetero) is 1. The summed E-state index contributed by atoms with van der Waals surface area (Å²) < 4.78 is 0. The van der Waals surface area contributed by atoms with Crippen molar-refractivity contribution in [2.45, 2.75) is 25.4 Å². The number of ketones is 1. The van der Waals surface area contributed by atoms with Gasteiger partial charge in [-0.25, -0.2) is 0 Å². The first-order chi connectivity index (χ1) is 8.65. The van der Waals surface area contributed by atoms with E-state index in [0.717, 1.165) is 11.3 Å². The maximum absolute atomic E-state index is 12.3. The Hall–Kier alpha value is -1.68. The number of anilines is 1. The predicted octanol–water partition coefficient (Wildman–Crippen LogP) is 0.916. The zero-order chi connectivity index (χ0) is 12.7. The van der Waals surface area contributed by atoms with E-state index in [1.54, 1.807) is 4.90 Å². The first kappa shape index (κ1) is 11.4. The van der Waals surface area contributed by atoms with Gasteiger partial charge >= 0.3 is 0 Å². The molecule has 1 aliphatic heterocycles. The summed E-state index contributed by atoms with van der Waals surface area (Å²) in [6.07, 6.45) is 1.10. The second kappa shape index (κ2) is 4.21. The lowest BCUT2D eigenvalue weighted by Crippen LogP contribution is -2.47. The number of amides is 1. The third-order valence-corrected chi connectivity index (χ3v) is 3.73. The van der Waals surface area contributed by atoms with E-state index in [-0.39, 0.29) is 30.3 Å². The summed E-state index contributed by atoms with van der Waals surface area (Å²) in [5, 5.41) is 9.28. The van der Waals surface area contributed by atoms with Crippen molar-refractivity contribution in [2.24, 2.45) is 5.92 Å². The highest BCUT2D eigenvalue weighted by Gasteiger charge is 2.38. The Balaban J connectivity index is 1.88. The van der Waals surface area contributed by atoms with Gasteiger partial charge in [-0.3, -0.25) is 9.59 Å². The number of carbonyl (C=O) groups excluding carboxylic acids is 2. The molecule has 1 N–H and O–H groups in total. The van der Waals surface area contributed by atoms with Crippen molar-refractivity contribution in [1.29, 1.82) is 0 Å².